The number of benzene rings is 2. The summed E-state index contributed by atoms with van der Waals surface area (Å²) in [6.45, 7) is 4.62. The number of carbonyl (C=O) groups is 1. The van der Waals surface area contributed by atoms with Gasteiger partial charge in [0.1, 0.15) is 5.75 Å². The summed E-state index contributed by atoms with van der Waals surface area (Å²) in [4.78, 5) is 12.0. The molecule has 3 rings (SSSR count). The molecule has 0 aliphatic heterocycles. The maximum atomic E-state index is 12.0. The first-order chi connectivity index (χ1) is 12.1. The second kappa shape index (κ2) is 7.66. The van der Waals surface area contributed by atoms with Crippen LogP contribution in [0.15, 0.2) is 60.8 Å². The summed E-state index contributed by atoms with van der Waals surface area (Å²) in [6.07, 6.45) is 1.85. The fourth-order valence-electron chi connectivity index (χ4n) is 2.55. The van der Waals surface area contributed by atoms with Crippen molar-refractivity contribution < 1.29 is 9.53 Å². The Bertz CT molecular complexity index is 871. The number of para-hydroxylation sites is 1. The maximum absolute atomic E-state index is 12.0. The highest BCUT2D eigenvalue weighted by Gasteiger charge is 2.07. The summed E-state index contributed by atoms with van der Waals surface area (Å²) < 4.78 is 7.34. The quantitative estimate of drug-likeness (QED) is 0.749. The molecule has 128 valence electrons. The van der Waals surface area contributed by atoms with Gasteiger partial charge in [0.15, 0.2) is 12.4 Å². The van der Waals surface area contributed by atoms with E-state index in [0.29, 0.717) is 18.1 Å². The molecule has 0 aliphatic rings. The minimum atomic E-state index is -0.232. The number of ether oxygens (including phenoxy) is 1. The third-order valence-corrected chi connectivity index (χ3v) is 3.79. The van der Waals surface area contributed by atoms with Crippen LogP contribution in [0.3, 0.4) is 0 Å². The molecule has 1 N–H and O–H groups in total. The van der Waals surface area contributed by atoms with E-state index in [1.165, 1.54) is 11.1 Å². The van der Waals surface area contributed by atoms with E-state index in [-0.39, 0.29) is 12.5 Å². The molecule has 0 spiro atoms. The lowest BCUT2D eigenvalue weighted by Crippen LogP contribution is -2.20. The van der Waals surface area contributed by atoms with Crippen LogP contribution in [0, 0.1) is 13.8 Å². The number of hydrogen-bond donors (Lipinski definition) is 1. The van der Waals surface area contributed by atoms with Crippen molar-refractivity contribution in [1.82, 2.24) is 9.78 Å². The van der Waals surface area contributed by atoms with Crippen molar-refractivity contribution in [3.63, 3.8) is 0 Å². The molecule has 3 aromatic rings. The molecule has 1 aromatic heterocycles. The maximum Gasteiger partial charge on any atom is 0.263 e. The monoisotopic (exact) mass is 335 g/mol. The highest BCUT2D eigenvalue weighted by atomic mass is 16.5. The van der Waals surface area contributed by atoms with Crippen molar-refractivity contribution in [2.45, 2.75) is 20.4 Å². The first-order valence-corrected chi connectivity index (χ1v) is 8.17. The summed E-state index contributed by atoms with van der Waals surface area (Å²) in [7, 11) is 0. The Morgan fingerprint density at radius 1 is 1.12 bits per heavy atom. The van der Waals surface area contributed by atoms with Crippen molar-refractivity contribution in [2.75, 3.05) is 11.9 Å². The molecular weight excluding hydrogens is 314 g/mol. The molecule has 0 unspecified atom stereocenters. The number of rotatable bonds is 6. The summed E-state index contributed by atoms with van der Waals surface area (Å²) in [5.74, 6) is 0.998. The minimum absolute atomic E-state index is 0.0460. The number of anilines is 1. The number of aryl methyl sites for hydroxylation is 2. The van der Waals surface area contributed by atoms with Gasteiger partial charge in [0, 0.05) is 12.3 Å². The summed E-state index contributed by atoms with van der Waals surface area (Å²) >= 11 is 0. The lowest BCUT2D eigenvalue weighted by Gasteiger charge is -2.08. The van der Waals surface area contributed by atoms with Gasteiger partial charge < -0.3 is 10.1 Å². The number of amides is 1. The molecule has 1 heterocycles. The molecular formula is C20H21N3O2. The van der Waals surface area contributed by atoms with Gasteiger partial charge in [-0.05, 0) is 31.0 Å². The van der Waals surface area contributed by atoms with E-state index in [4.69, 9.17) is 4.74 Å². The van der Waals surface area contributed by atoms with Gasteiger partial charge in [-0.15, -0.1) is 0 Å². The molecule has 5 heteroatoms. The summed E-state index contributed by atoms with van der Waals surface area (Å²) in [6, 6.07) is 17.7. The number of hydrogen-bond acceptors (Lipinski definition) is 3. The Hall–Kier alpha value is -3.08. The Balaban J connectivity index is 1.54. The van der Waals surface area contributed by atoms with E-state index in [9.17, 15) is 4.79 Å². The molecule has 0 radical (unpaired) electrons. The highest BCUT2D eigenvalue weighted by Crippen LogP contribution is 2.16. The van der Waals surface area contributed by atoms with Crippen molar-refractivity contribution in [1.29, 1.82) is 0 Å². The fourth-order valence-corrected chi connectivity index (χ4v) is 2.55. The van der Waals surface area contributed by atoms with Crippen molar-refractivity contribution in [3.05, 3.63) is 77.5 Å². The zero-order valence-electron chi connectivity index (χ0n) is 14.4. The van der Waals surface area contributed by atoms with Crippen LogP contribution in [0.1, 0.15) is 16.7 Å². The number of aromatic nitrogens is 2. The van der Waals surface area contributed by atoms with Crippen LogP contribution in [0.2, 0.25) is 0 Å². The van der Waals surface area contributed by atoms with Crippen molar-refractivity contribution in [2.24, 2.45) is 0 Å². The van der Waals surface area contributed by atoms with E-state index in [2.05, 4.69) is 35.5 Å². The second-order valence-electron chi connectivity index (χ2n) is 5.99. The van der Waals surface area contributed by atoms with Gasteiger partial charge in [0.25, 0.3) is 5.91 Å². The molecule has 2 aromatic carbocycles. The zero-order valence-corrected chi connectivity index (χ0v) is 14.4. The first kappa shape index (κ1) is 16.8. The Kier molecular flexibility index (Phi) is 5.14. The molecule has 0 aliphatic carbocycles. The standard InChI is InChI=1S/C20H21N3O2/c1-15-6-5-8-17(12-15)13-23-11-10-19(22-23)21-20(24)14-25-18-9-4-3-7-16(18)2/h3-12H,13-14H2,1-2H3,(H,21,22,24). The predicted octanol–water partition coefficient (Wildman–Crippen LogP) is 3.57. The Labute approximate surface area is 147 Å². The van der Waals surface area contributed by atoms with E-state index in [1.54, 1.807) is 10.7 Å². The average molecular weight is 335 g/mol. The van der Waals surface area contributed by atoms with Gasteiger partial charge in [-0.2, -0.15) is 5.10 Å². The van der Waals surface area contributed by atoms with Crippen LogP contribution in [0.5, 0.6) is 5.75 Å². The third kappa shape index (κ3) is 4.70. The highest BCUT2D eigenvalue weighted by molar-refractivity contribution is 5.90. The fraction of sp³-hybridized carbons (Fsp3) is 0.200. The zero-order chi connectivity index (χ0) is 17.6. The summed E-state index contributed by atoms with van der Waals surface area (Å²) in [5.41, 5.74) is 3.38. The lowest BCUT2D eigenvalue weighted by atomic mass is 10.1. The van der Waals surface area contributed by atoms with Gasteiger partial charge in [-0.25, -0.2) is 0 Å². The average Bonchev–Trinajstić information content (AvgIpc) is 3.01. The van der Waals surface area contributed by atoms with Gasteiger partial charge in [0.05, 0.1) is 6.54 Å². The first-order valence-electron chi connectivity index (χ1n) is 8.17. The largest absolute Gasteiger partial charge is 0.483 e. The topological polar surface area (TPSA) is 56.2 Å². The molecule has 5 nitrogen and oxygen atoms in total. The van der Waals surface area contributed by atoms with Crippen LogP contribution in [0.25, 0.3) is 0 Å². The lowest BCUT2D eigenvalue weighted by molar-refractivity contribution is -0.118. The van der Waals surface area contributed by atoms with Crippen LogP contribution in [0.4, 0.5) is 5.82 Å². The van der Waals surface area contributed by atoms with Crippen LogP contribution >= 0.6 is 0 Å². The Morgan fingerprint density at radius 2 is 1.96 bits per heavy atom. The normalized spacial score (nSPS) is 10.5. The number of nitrogens with one attached hydrogen (secondary N) is 1. The van der Waals surface area contributed by atoms with Gasteiger partial charge in [-0.1, -0.05) is 48.0 Å². The van der Waals surface area contributed by atoms with Crippen LogP contribution in [-0.4, -0.2) is 22.3 Å². The van der Waals surface area contributed by atoms with Crippen molar-refractivity contribution >= 4 is 11.7 Å². The minimum Gasteiger partial charge on any atom is -0.483 e. The molecule has 0 saturated heterocycles. The predicted molar refractivity (Wildman–Crippen MR) is 97.8 cm³/mol. The molecule has 0 bridgehead atoms. The molecule has 0 saturated carbocycles. The van der Waals surface area contributed by atoms with E-state index < -0.39 is 0 Å². The smallest absolute Gasteiger partial charge is 0.263 e. The van der Waals surface area contributed by atoms with Gasteiger partial charge in [-0.3, -0.25) is 9.48 Å². The van der Waals surface area contributed by atoms with Gasteiger partial charge >= 0.3 is 0 Å². The number of nitrogens with zero attached hydrogens (tertiary/aromatic N) is 2. The summed E-state index contributed by atoms with van der Waals surface area (Å²) in [5, 5.41) is 7.13. The SMILES string of the molecule is Cc1cccc(Cn2ccc(NC(=O)COc3ccccc3C)n2)c1. The van der Waals surface area contributed by atoms with E-state index >= 15 is 0 Å². The van der Waals surface area contributed by atoms with E-state index in [0.717, 1.165) is 5.56 Å². The third-order valence-electron chi connectivity index (χ3n) is 3.79. The molecule has 0 fully saturated rings. The molecule has 0 atom stereocenters. The van der Waals surface area contributed by atoms with E-state index in [1.807, 2.05) is 43.5 Å². The van der Waals surface area contributed by atoms with Crippen LogP contribution in [-0.2, 0) is 11.3 Å². The number of carbonyl (C=O) groups excluding carboxylic acids is 1. The molecule has 25 heavy (non-hydrogen) atoms. The van der Waals surface area contributed by atoms with Crippen molar-refractivity contribution in [3.8, 4) is 5.75 Å². The van der Waals surface area contributed by atoms with Crippen LogP contribution < -0.4 is 10.1 Å². The molecule has 1 amide bonds. The second-order valence-corrected chi connectivity index (χ2v) is 5.99. The van der Waals surface area contributed by atoms with Gasteiger partial charge in [0.2, 0.25) is 0 Å². The Morgan fingerprint density at radius 3 is 2.76 bits per heavy atom.